The zero-order valence-electron chi connectivity index (χ0n) is 12.8. The second kappa shape index (κ2) is 6.36. The van der Waals surface area contributed by atoms with Gasteiger partial charge in [-0.2, -0.15) is 0 Å². The largest absolute Gasteiger partial charge is 0.357 e. The lowest BCUT2D eigenvalue weighted by atomic mass is 10.2. The van der Waals surface area contributed by atoms with Crippen LogP contribution in [0.25, 0.3) is 0 Å². The molecule has 2 heterocycles. The van der Waals surface area contributed by atoms with Crippen molar-refractivity contribution >= 4 is 27.1 Å². The second-order valence-electron chi connectivity index (χ2n) is 5.75. The first-order valence-electron chi connectivity index (χ1n) is 7.13. The maximum Gasteiger partial charge on any atom is 0.194 e. The number of nitrogens with zero attached hydrogens (tertiary/aromatic N) is 2. The minimum Gasteiger partial charge on any atom is -0.357 e. The van der Waals surface area contributed by atoms with Gasteiger partial charge in [0.1, 0.15) is 0 Å². The summed E-state index contributed by atoms with van der Waals surface area (Å²) in [5, 5.41) is 5.30. The first-order valence-corrected chi connectivity index (χ1v) is 9.67. The lowest BCUT2D eigenvalue weighted by molar-refractivity contribution is 0.353. The summed E-state index contributed by atoms with van der Waals surface area (Å²) in [6.45, 7) is 7.98. The predicted molar refractivity (Wildman–Crippen MR) is 88.6 cm³/mol. The average molecular weight is 329 g/mol. The standard InChI is InChI=1S/C14H23N3O2S2/c1-4-15-13(16-10-12-6-5-8-20-12)17-7-9-21(18,19)14(2,3)11-17/h5-6,8H,4,7,9-11H2,1-3H3,(H,15,16). The molecule has 0 atom stereocenters. The molecule has 1 saturated heterocycles. The van der Waals surface area contributed by atoms with Crippen molar-refractivity contribution in [3.63, 3.8) is 0 Å². The van der Waals surface area contributed by atoms with Crippen LogP contribution in [0.2, 0.25) is 0 Å². The molecular formula is C14H23N3O2S2. The maximum atomic E-state index is 12.1. The molecule has 1 aliphatic heterocycles. The van der Waals surface area contributed by atoms with E-state index in [-0.39, 0.29) is 5.75 Å². The van der Waals surface area contributed by atoms with Gasteiger partial charge in [-0.25, -0.2) is 13.4 Å². The van der Waals surface area contributed by atoms with Gasteiger partial charge < -0.3 is 10.2 Å². The number of aliphatic imine (C=N–C) groups is 1. The zero-order chi connectivity index (χ0) is 15.5. The number of sulfone groups is 1. The highest BCUT2D eigenvalue weighted by atomic mass is 32.2. The summed E-state index contributed by atoms with van der Waals surface area (Å²) < 4.78 is 23.4. The van der Waals surface area contributed by atoms with E-state index in [4.69, 9.17) is 0 Å². The molecule has 0 aliphatic carbocycles. The summed E-state index contributed by atoms with van der Waals surface area (Å²) in [5.74, 6) is 0.984. The van der Waals surface area contributed by atoms with E-state index in [0.29, 0.717) is 19.6 Å². The van der Waals surface area contributed by atoms with E-state index in [1.165, 1.54) is 4.88 Å². The molecular weight excluding hydrogens is 306 g/mol. The molecule has 0 aromatic carbocycles. The second-order valence-corrected chi connectivity index (χ2v) is 9.52. The highest BCUT2D eigenvalue weighted by Crippen LogP contribution is 2.23. The van der Waals surface area contributed by atoms with Crippen molar-refractivity contribution in [3.05, 3.63) is 22.4 Å². The molecule has 21 heavy (non-hydrogen) atoms. The Hall–Kier alpha value is -1.08. The Kier molecular flexibility index (Phi) is 4.93. The molecule has 0 amide bonds. The Labute approximate surface area is 131 Å². The number of rotatable bonds is 3. The third kappa shape index (κ3) is 3.77. The van der Waals surface area contributed by atoms with Crippen molar-refractivity contribution in [1.82, 2.24) is 10.2 Å². The summed E-state index contributed by atoms with van der Waals surface area (Å²) >= 11 is 1.68. The van der Waals surface area contributed by atoms with Gasteiger partial charge >= 0.3 is 0 Å². The fourth-order valence-electron chi connectivity index (χ4n) is 2.31. The molecule has 0 bridgehead atoms. The normalized spacial score (nSPS) is 21.3. The Balaban J connectivity index is 2.13. The summed E-state index contributed by atoms with van der Waals surface area (Å²) in [7, 11) is -3.02. The number of guanidine groups is 1. The number of hydrogen-bond acceptors (Lipinski definition) is 4. The number of hydrogen-bond donors (Lipinski definition) is 1. The van der Waals surface area contributed by atoms with Crippen LogP contribution in [0.4, 0.5) is 0 Å². The summed E-state index contributed by atoms with van der Waals surface area (Å²) in [6, 6.07) is 4.07. The smallest absolute Gasteiger partial charge is 0.194 e. The van der Waals surface area contributed by atoms with Crippen molar-refractivity contribution in [2.75, 3.05) is 25.4 Å². The molecule has 7 heteroatoms. The van der Waals surface area contributed by atoms with Crippen LogP contribution in [0.1, 0.15) is 25.6 Å². The van der Waals surface area contributed by atoms with Crippen LogP contribution in [0.3, 0.4) is 0 Å². The van der Waals surface area contributed by atoms with Crippen molar-refractivity contribution in [3.8, 4) is 0 Å². The fourth-order valence-corrected chi connectivity index (χ4v) is 4.30. The highest BCUT2D eigenvalue weighted by Gasteiger charge is 2.40. The molecule has 1 aromatic rings. The quantitative estimate of drug-likeness (QED) is 0.677. The summed E-state index contributed by atoms with van der Waals surface area (Å²) in [6.07, 6.45) is 0. The summed E-state index contributed by atoms with van der Waals surface area (Å²) in [4.78, 5) is 7.90. The van der Waals surface area contributed by atoms with Gasteiger partial charge in [-0.3, -0.25) is 0 Å². The summed E-state index contributed by atoms with van der Waals surface area (Å²) in [5.41, 5.74) is 0. The molecule has 1 N–H and O–H groups in total. The molecule has 0 radical (unpaired) electrons. The molecule has 0 spiro atoms. The minimum atomic E-state index is -3.02. The van der Waals surface area contributed by atoms with E-state index in [0.717, 1.165) is 12.5 Å². The SMILES string of the molecule is CCNC(=NCc1cccs1)N1CCS(=O)(=O)C(C)(C)C1. The Morgan fingerprint density at radius 2 is 2.29 bits per heavy atom. The van der Waals surface area contributed by atoms with E-state index in [1.54, 1.807) is 25.2 Å². The van der Waals surface area contributed by atoms with Crippen LogP contribution >= 0.6 is 11.3 Å². The number of thiophene rings is 1. The van der Waals surface area contributed by atoms with Crippen molar-refractivity contribution in [1.29, 1.82) is 0 Å². The Morgan fingerprint density at radius 3 is 2.86 bits per heavy atom. The van der Waals surface area contributed by atoms with Crippen LogP contribution in [-0.2, 0) is 16.4 Å². The minimum absolute atomic E-state index is 0.184. The first kappa shape index (κ1) is 16.3. The molecule has 5 nitrogen and oxygen atoms in total. The maximum absolute atomic E-state index is 12.1. The van der Waals surface area contributed by atoms with Gasteiger partial charge in [0, 0.05) is 24.5 Å². The molecule has 0 unspecified atom stereocenters. The predicted octanol–water partition coefficient (Wildman–Crippen LogP) is 1.72. The van der Waals surface area contributed by atoms with Crippen LogP contribution in [0, 0.1) is 0 Å². The monoisotopic (exact) mass is 329 g/mol. The van der Waals surface area contributed by atoms with Crippen molar-refractivity contribution in [2.45, 2.75) is 32.1 Å². The Morgan fingerprint density at radius 1 is 1.52 bits per heavy atom. The van der Waals surface area contributed by atoms with E-state index in [2.05, 4.69) is 21.3 Å². The molecule has 0 saturated carbocycles. The lowest BCUT2D eigenvalue weighted by Crippen LogP contribution is -2.57. The topological polar surface area (TPSA) is 61.8 Å². The van der Waals surface area contributed by atoms with Gasteiger partial charge in [0.25, 0.3) is 0 Å². The molecule has 118 valence electrons. The Bertz CT molecular complexity index is 592. The number of nitrogens with one attached hydrogen (secondary N) is 1. The van der Waals surface area contributed by atoms with Crippen LogP contribution in [0.15, 0.2) is 22.5 Å². The molecule has 1 aromatic heterocycles. The zero-order valence-corrected chi connectivity index (χ0v) is 14.4. The van der Waals surface area contributed by atoms with Crippen molar-refractivity contribution in [2.24, 2.45) is 4.99 Å². The van der Waals surface area contributed by atoms with E-state index in [9.17, 15) is 8.42 Å². The van der Waals surface area contributed by atoms with Gasteiger partial charge in [-0.15, -0.1) is 11.3 Å². The van der Waals surface area contributed by atoms with Crippen LogP contribution < -0.4 is 5.32 Å². The third-order valence-electron chi connectivity index (χ3n) is 3.64. The van der Waals surface area contributed by atoms with E-state index < -0.39 is 14.6 Å². The van der Waals surface area contributed by atoms with Gasteiger partial charge in [0.05, 0.1) is 17.0 Å². The van der Waals surface area contributed by atoms with E-state index in [1.807, 2.05) is 18.4 Å². The molecule has 1 fully saturated rings. The third-order valence-corrected chi connectivity index (χ3v) is 7.04. The first-order chi connectivity index (χ1) is 9.86. The van der Waals surface area contributed by atoms with Gasteiger partial charge in [0.2, 0.25) is 0 Å². The van der Waals surface area contributed by atoms with Gasteiger partial charge in [-0.1, -0.05) is 6.07 Å². The van der Waals surface area contributed by atoms with E-state index >= 15 is 0 Å². The average Bonchev–Trinajstić information content (AvgIpc) is 2.91. The van der Waals surface area contributed by atoms with Gasteiger partial charge in [0.15, 0.2) is 15.8 Å². The van der Waals surface area contributed by atoms with Crippen molar-refractivity contribution < 1.29 is 8.42 Å². The molecule has 2 rings (SSSR count). The molecule has 1 aliphatic rings. The van der Waals surface area contributed by atoms with Crippen LogP contribution in [0.5, 0.6) is 0 Å². The highest BCUT2D eigenvalue weighted by molar-refractivity contribution is 7.92. The van der Waals surface area contributed by atoms with Crippen LogP contribution in [-0.4, -0.2) is 49.4 Å². The lowest BCUT2D eigenvalue weighted by Gasteiger charge is -2.39. The van der Waals surface area contributed by atoms with Gasteiger partial charge in [-0.05, 0) is 32.2 Å². The fraction of sp³-hybridized carbons (Fsp3) is 0.643.